The van der Waals surface area contributed by atoms with E-state index in [1.807, 2.05) is 0 Å². The number of pyridine rings is 1. The molecule has 0 aliphatic carbocycles. The van der Waals surface area contributed by atoms with Gasteiger partial charge in [0.25, 0.3) is 0 Å². The van der Waals surface area contributed by atoms with Gasteiger partial charge in [-0.2, -0.15) is 0 Å². The fourth-order valence-electron chi connectivity index (χ4n) is 2.04. The zero-order valence-electron chi connectivity index (χ0n) is 10.9. The summed E-state index contributed by atoms with van der Waals surface area (Å²) in [7, 11) is 0. The number of hydrogen-bond donors (Lipinski definition) is 4. The van der Waals surface area contributed by atoms with Gasteiger partial charge in [0.15, 0.2) is 5.69 Å². The SMILES string of the molecule is Cc1cc2cc(Br)n(CCOC(O)(O)O)c2c(C(=O)O)n1. The Labute approximate surface area is 127 Å². The lowest BCUT2D eigenvalue weighted by Crippen LogP contribution is -2.32. The summed E-state index contributed by atoms with van der Waals surface area (Å²) in [6.45, 7) is 1.52. The summed E-state index contributed by atoms with van der Waals surface area (Å²) in [6, 6.07) is 3.46. The Balaban J connectivity index is 2.43. The largest absolute Gasteiger partial charge is 0.476 e. The minimum atomic E-state index is -3.22. The Hall–Kier alpha value is -1.52. The second-order valence-corrected chi connectivity index (χ2v) is 5.21. The second kappa shape index (κ2) is 5.70. The number of carboxylic acid groups (broad SMARTS) is 1. The van der Waals surface area contributed by atoms with Crippen molar-refractivity contribution in [1.29, 1.82) is 0 Å². The Kier molecular flexibility index (Phi) is 4.30. The quantitative estimate of drug-likeness (QED) is 0.569. The van der Waals surface area contributed by atoms with Gasteiger partial charge in [0.1, 0.15) is 0 Å². The Morgan fingerprint density at radius 2 is 2.10 bits per heavy atom. The van der Waals surface area contributed by atoms with Crippen LogP contribution in [0.15, 0.2) is 16.7 Å². The third kappa shape index (κ3) is 3.57. The summed E-state index contributed by atoms with van der Waals surface area (Å²) in [5.74, 6) is -1.17. The minimum Gasteiger partial charge on any atom is -0.476 e. The van der Waals surface area contributed by atoms with E-state index in [-0.39, 0.29) is 18.8 Å². The van der Waals surface area contributed by atoms with Crippen LogP contribution >= 0.6 is 15.9 Å². The molecule has 0 amide bonds. The first-order valence-electron chi connectivity index (χ1n) is 5.90. The van der Waals surface area contributed by atoms with Gasteiger partial charge in [-0.25, -0.2) is 9.78 Å². The molecule has 114 valence electrons. The Bertz CT molecular complexity index is 691. The van der Waals surface area contributed by atoms with Gasteiger partial charge in [-0.3, -0.25) is 0 Å². The van der Waals surface area contributed by atoms with E-state index in [2.05, 4.69) is 25.7 Å². The first-order chi connectivity index (χ1) is 9.69. The van der Waals surface area contributed by atoms with Crippen LogP contribution in [0, 0.1) is 6.92 Å². The van der Waals surface area contributed by atoms with Crippen LogP contribution in [0.3, 0.4) is 0 Å². The number of carboxylic acids is 1. The molecular formula is C12H13BrN2O6. The van der Waals surface area contributed by atoms with Crippen LogP contribution in [0.5, 0.6) is 0 Å². The van der Waals surface area contributed by atoms with Crippen LogP contribution in [0.2, 0.25) is 0 Å². The molecule has 0 radical (unpaired) electrons. The monoisotopic (exact) mass is 360 g/mol. The number of aromatic nitrogens is 2. The maximum atomic E-state index is 11.3. The number of aliphatic hydroxyl groups is 3. The predicted octanol–water partition coefficient (Wildman–Crippen LogP) is 0.410. The molecule has 2 aromatic heterocycles. The third-order valence-electron chi connectivity index (χ3n) is 2.77. The highest BCUT2D eigenvalue weighted by Gasteiger charge is 2.21. The molecule has 0 aromatic carbocycles. The summed E-state index contributed by atoms with van der Waals surface area (Å²) in [5, 5.41) is 35.9. The van der Waals surface area contributed by atoms with Gasteiger partial charge in [-0.15, -0.1) is 0 Å². The average molecular weight is 361 g/mol. The van der Waals surface area contributed by atoms with Crippen molar-refractivity contribution in [3.8, 4) is 0 Å². The van der Waals surface area contributed by atoms with Gasteiger partial charge in [-0.1, -0.05) is 0 Å². The van der Waals surface area contributed by atoms with Gasteiger partial charge in [0.05, 0.1) is 16.7 Å². The molecule has 21 heavy (non-hydrogen) atoms. The maximum absolute atomic E-state index is 11.3. The van der Waals surface area contributed by atoms with Gasteiger partial charge in [-0.05, 0) is 35.0 Å². The molecule has 0 aliphatic heterocycles. The minimum absolute atomic E-state index is 0.0819. The van der Waals surface area contributed by atoms with E-state index in [9.17, 15) is 9.90 Å². The number of fused-ring (bicyclic) bond motifs is 1. The van der Waals surface area contributed by atoms with E-state index >= 15 is 0 Å². The molecule has 0 fully saturated rings. The van der Waals surface area contributed by atoms with Crippen LogP contribution in [0.1, 0.15) is 16.2 Å². The number of aryl methyl sites for hydroxylation is 1. The van der Waals surface area contributed by atoms with Gasteiger partial charge in [0.2, 0.25) is 0 Å². The van der Waals surface area contributed by atoms with E-state index in [1.165, 1.54) is 0 Å². The summed E-state index contributed by atoms with van der Waals surface area (Å²) in [5.41, 5.74) is 0.836. The lowest BCUT2D eigenvalue weighted by atomic mass is 10.2. The lowest BCUT2D eigenvalue weighted by Gasteiger charge is -2.15. The van der Waals surface area contributed by atoms with Crippen molar-refractivity contribution >= 4 is 32.8 Å². The van der Waals surface area contributed by atoms with Crippen molar-refractivity contribution in [3.05, 3.63) is 28.1 Å². The molecule has 0 bridgehead atoms. The first-order valence-corrected chi connectivity index (χ1v) is 6.69. The predicted molar refractivity (Wildman–Crippen MR) is 74.5 cm³/mol. The van der Waals surface area contributed by atoms with Crippen LogP contribution in [0.25, 0.3) is 10.9 Å². The molecule has 0 saturated carbocycles. The number of ether oxygens (including phenoxy) is 1. The number of carbonyl (C=O) groups is 1. The second-order valence-electron chi connectivity index (χ2n) is 4.40. The number of rotatable bonds is 5. The van der Waals surface area contributed by atoms with E-state index in [0.717, 1.165) is 0 Å². The van der Waals surface area contributed by atoms with Crippen LogP contribution in [0.4, 0.5) is 0 Å². The molecule has 0 aliphatic rings. The van der Waals surface area contributed by atoms with Crippen LogP contribution in [-0.2, 0) is 11.3 Å². The van der Waals surface area contributed by atoms with E-state index in [4.69, 9.17) is 15.3 Å². The lowest BCUT2D eigenvalue weighted by molar-refractivity contribution is -0.454. The highest BCUT2D eigenvalue weighted by atomic mass is 79.9. The summed E-state index contributed by atoms with van der Waals surface area (Å²) >= 11 is 3.30. The fourth-order valence-corrected chi connectivity index (χ4v) is 2.64. The van der Waals surface area contributed by atoms with Crippen LogP contribution < -0.4 is 0 Å². The van der Waals surface area contributed by atoms with Crippen molar-refractivity contribution in [1.82, 2.24) is 9.55 Å². The van der Waals surface area contributed by atoms with E-state index < -0.39 is 12.1 Å². The molecule has 0 atom stereocenters. The topological polar surface area (TPSA) is 125 Å². The van der Waals surface area contributed by atoms with Crippen molar-refractivity contribution in [2.24, 2.45) is 0 Å². The highest BCUT2D eigenvalue weighted by molar-refractivity contribution is 9.10. The van der Waals surface area contributed by atoms with Gasteiger partial charge < -0.3 is 29.7 Å². The molecular weight excluding hydrogens is 348 g/mol. The fraction of sp³-hybridized carbons (Fsp3) is 0.333. The number of nitrogens with zero attached hydrogens (tertiary/aromatic N) is 2. The van der Waals surface area contributed by atoms with Crippen molar-refractivity contribution in [2.45, 2.75) is 19.6 Å². The molecule has 2 heterocycles. The smallest absolute Gasteiger partial charge is 0.405 e. The van der Waals surface area contributed by atoms with Gasteiger partial charge in [0, 0.05) is 17.6 Å². The molecule has 2 aromatic rings. The number of aromatic carboxylic acids is 1. The van der Waals surface area contributed by atoms with E-state index in [0.29, 0.717) is 21.2 Å². The summed E-state index contributed by atoms with van der Waals surface area (Å²) in [6.07, 6.45) is -3.22. The van der Waals surface area contributed by atoms with Crippen molar-refractivity contribution in [2.75, 3.05) is 6.61 Å². The molecule has 0 unspecified atom stereocenters. The third-order valence-corrected chi connectivity index (χ3v) is 3.42. The van der Waals surface area contributed by atoms with Crippen molar-refractivity contribution in [3.63, 3.8) is 0 Å². The summed E-state index contributed by atoms with van der Waals surface area (Å²) in [4.78, 5) is 15.3. The van der Waals surface area contributed by atoms with Gasteiger partial charge >= 0.3 is 12.1 Å². The normalized spacial score (nSPS) is 12.0. The molecule has 9 heteroatoms. The van der Waals surface area contributed by atoms with E-state index in [1.54, 1.807) is 23.6 Å². The molecule has 2 rings (SSSR count). The molecule has 0 saturated heterocycles. The Morgan fingerprint density at radius 1 is 1.43 bits per heavy atom. The zero-order chi connectivity index (χ0) is 15.8. The zero-order valence-corrected chi connectivity index (χ0v) is 12.5. The van der Waals surface area contributed by atoms with Crippen molar-refractivity contribution < 1.29 is 30.0 Å². The molecule has 4 N–H and O–H groups in total. The maximum Gasteiger partial charge on any atom is 0.405 e. The Morgan fingerprint density at radius 3 is 2.67 bits per heavy atom. The highest BCUT2D eigenvalue weighted by Crippen LogP contribution is 2.27. The number of hydrogen-bond acceptors (Lipinski definition) is 6. The number of halogens is 1. The summed E-state index contributed by atoms with van der Waals surface area (Å²) < 4.78 is 6.52. The standard InChI is InChI=1S/C12H13BrN2O6/c1-6-4-7-5-8(13)15(2-3-21-12(18,19)20)10(7)9(14-6)11(16)17/h4-5,18-20H,2-3H2,1H3,(H,16,17). The first kappa shape index (κ1) is 15.9. The molecule has 8 nitrogen and oxygen atoms in total. The van der Waals surface area contributed by atoms with Crippen LogP contribution in [-0.4, -0.2) is 48.7 Å². The molecule has 0 spiro atoms. The average Bonchev–Trinajstić information content (AvgIpc) is 2.62.